The minimum absolute atomic E-state index is 0.0533. The maximum absolute atomic E-state index is 13.2. The van der Waals surface area contributed by atoms with Crippen LogP contribution in [0.5, 0.6) is 5.88 Å². The molecule has 1 aliphatic rings. The maximum atomic E-state index is 13.2. The molecule has 1 aromatic heterocycles. The molecule has 3 rings (SSSR count). The summed E-state index contributed by atoms with van der Waals surface area (Å²) in [5.41, 5.74) is -0.0420. The van der Waals surface area contributed by atoms with Crippen molar-refractivity contribution in [2.45, 2.75) is 31.2 Å². The molecular weight excluding hydrogens is 425 g/mol. The van der Waals surface area contributed by atoms with Crippen molar-refractivity contribution in [3.8, 4) is 5.88 Å². The van der Waals surface area contributed by atoms with E-state index in [1.54, 1.807) is 0 Å². The average molecular weight is 444 g/mol. The fourth-order valence-electron chi connectivity index (χ4n) is 2.67. The smallest absolute Gasteiger partial charge is 0.264 e. The summed E-state index contributed by atoms with van der Waals surface area (Å²) in [7, 11) is -3.99. The number of halogens is 2. The monoisotopic (exact) mass is 443 g/mol. The summed E-state index contributed by atoms with van der Waals surface area (Å²) in [6, 6.07) is 5.54. The van der Waals surface area contributed by atoms with Gasteiger partial charge in [-0.1, -0.05) is 23.2 Å². The van der Waals surface area contributed by atoms with E-state index in [0.717, 1.165) is 4.31 Å². The van der Waals surface area contributed by atoms with Crippen LogP contribution in [-0.4, -0.2) is 38.0 Å². The minimum Gasteiger partial charge on any atom is -0.474 e. The molecule has 1 aliphatic heterocycles. The van der Waals surface area contributed by atoms with Crippen molar-refractivity contribution in [3.63, 3.8) is 0 Å². The van der Waals surface area contributed by atoms with Crippen molar-refractivity contribution in [3.05, 3.63) is 46.1 Å². The largest absolute Gasteiger partial charge is 0.474 e. The van der Waals surface area contributed by atoms with Crippen molar-refractivity contribution in [1.82, 2.24) is 10.3 Å². The Bertz CT molecular complexity index is 1020. The van der Waals surface area contributed by atoms with Crippen LogP contribution >= 0.6 is 23.2 Å². The van der Waals surface area contributed by atoms with E-state index in [2.05, 4.69) is 10.3 Å². The third-order valence-electron chi connectivity index (χ3n) is 3.81. The molecule has 1 N–H and O–H groups in total. The van der Waals surface area contributed by atoms with Crippen LogP contribution in [0.15, 0.2) is 35.4 Å². The molecule has 28 heavy (non-hydrogen) atoms. The van der Waals surface area contributed by atoms with Crippen LogP contribution in [0.25, 0.3) is 0 Å². The first-order chi connectivity index (χ1) is 13.0. The van der Waals surface area contributed by atoms with Gasteiger partial charge in [0.2, 0.25) is 5.88 Å². The van der Waals surface area contributed by atoms with Crippen molar-refractivity contribution in [2.75, 3.05) is 17.5 Å². The summed E-state index contributed by atoms with van der Waals surface area (Å²) < 4.78 is 33.0. The highest BCUT2D eigenvalue weighted by Gasteiger charge is 2.32. The molecule has 150 valence electrons. The lowest BCUT2D eigenvalue weighted by molar-refractivity contribution is 0.0919. The number of amides is 1. The molecule has 2 aromatic rings. The number of carbonyl (C=O) groups excluding carboxylic acids is 1. The maximum Gasteiger partial charge on any atom is 0.264 e. The number of fused-ring (bicyclic) bond motifs is 1. The molecule has 0 bridgehead atoms. The van der Waals surface area contributed by atoms with Gasteiger partial charge < -0.3 is 10.1 Å². The summed E-state index contributed by atoms with van der Waals surface area (Å²) in [4.78, 5) is 16.5. The van der Waals surface area contributed by atoms with E-state index in [1.165, 1.54) is 30.5 Å². The summed E-state index contributed by atoms with van der Waals surface area (Å²) in [6.45, 7) is 5.73. The number of rotatable bonds is 3. The predicted molar refractivity (Wildman–Crippen MR) is 108 cm³/mol. The van der Waals surface area contributed by atoms with E-state index in [0.29, 0.717) is 0 Å². The SMILES string of the molecule is CC(C)(C)NC(=O)c1cnc2c(c1)N(S(=O)(=O)c1cc(Cl)cc(Cl)c1)CCO2. The molecule has 7 nitrogen and oxygen atoms in total. The van der Waals surface area contributed by atoms with Crippen LogP contribution in [0.2, 0.25) is 10.0 Å². The minimum atomic E-state index is -3.99. The number of anilines is 1. The van der Waals surface area contributed by atoms with Crippen LogP contribution in [0.4, 0.5) is 5.69 Å². The van der Waals surface area contributed by atoms with Gasteiger partial charge >= 0.3 is 0 Å². The molecule has 0 aliphatic carbocycles. The Morgan fingerprint density at radius 1 is 1.18 bits per heavy atom. The molecule has 0 saturated heterocycles. The molecule has 0 saturated carbocycles. The zero-order valence-electron chi connectivity index (χ0n) is 15.5. The topological polar surface area (TPSA) is 88.6 Å². The lowest BCUT2D eigenvalue weighted by atomic mass is 10.1. The Labute approximate surface area is 173 Å². The zero-order chi connectivity index (χ0) is 20.7. The van der Waals surface area contributed by atoms with E-state index in [1.807, 2.05) is 20.8 Å². The van der Waals surface area contributed by atoms with Crippen LogP contribution in [0.1, 0.15) is 31.1 Å². The molecule has 0 fully saturated rings. The summed E-state index contributed by atoms with van der Waals surface area (Å²) in [5, 5.41) is 3.23. The molecule has 1 aromatic carbocycles. The lowest BCUT2D eigenvalue weighted by Crippen LogP contribution is -2.41. The van der Waals surface area contributed by atoms with Crippen molar-refractivity contribution >= 4 is 44.8 Å². The first-order valence-corrected chi connectivity index (χ1v) is 10.6. The predicted octanol–water partition coefficient (Wildman–Crippen LogP) is 3.50. The Morgan fingerprint density at radius 3 is 2.43 bits per heavy atom. The quantitative estimate of drug-likeness (QED) is 0.783. The number of benzene rings is 1. The molecular formula is C18H19Cl2N3O4S. The number of ether oxygens (including phenoxy) is 1. The summed E-state index contributed by atoms with van der Waals surface area (Å²) in [6.07, 6.45) is 1.35. The number of hydrogen-bond acceptors (Lipinski definition) is 5. The van der Waals surface area contributed by atoms with Gasteiger partial charge in [0.15, 0.2) is 0 Å². The van der Waals surface area contributed by atoms with Crippen LogP contribution in [-0.2, 0) is 10.0 Å². The molecule has 0 radical (unpaired) electrons. The van der Waals surface area contributed by atoms with Gasteiger partial charge in [0.25, 0.3) is 15.9 Å². The normalized spacial score (nSPS) is 14.2. The molecule has 2 heterocycles. The highest BCUT2D eigenvalue weighted by molar-refractivity contribution is 7.92. The fraction of sp³-hybridized carbons (Fsp3) is 0.333. The Morgan fingerprint density at radius 2 is 1.82 bits per heavy atom. The molecule has 0 spiro atoms. The van der Waals surface area contributed by atoms with Crippen LogP contribution in [0.3, 0.4) is 0 Å². The van der Waals surface area contributed by atoms with Crippen molar-refractivity contribution in [1.29, 1.82) is 0 Å². The van der Waals surface area contributed by atoms with Gasteiger partial charge in [0.05, 0.1) is 17.0 Å². The molecule has 1 amide bonds. The third kappa shape index (κ3) is 4.34. The summed E-state index contributed by atoms with van der Waals surface area (Å²) >= 11 is 11.9. The van der Waals surface area contributed by atoms with E-state index in [4.69, 9.17) is 27.9 Å². The number of carbonyl (C=O) groups is 1. The number of sulfonamides is 1. The number of nitrogens with zero attached hydrogens (tertiary/aromatic N) is 2. The number of pyridine rings is 1. The second-order valence-corrected chi connectivity index (χ2v) is 10.0. The number of aromatic nitrogens is 1. The molecule has 10 heteroatoms. The second-order valence-electron chi connectivity index (χ2n) is 7.28. The number of nitrogens with one attached hydrogen (secondary N) is 1. The molecule has 0 unspecified atom stereocenters. The van der Waals surface area contributed by atoms with Crippen LogP contribution in [0, 0.1) is 0 Å². The summed E-state index contributed by atoms with van der Waals surface area (Å²) in [5.74, 6) is -0.230. The highest BCUT2D eigenvalue weighted by atomic mass is 35.5. The molecule has 0 atom stereocenters. The standard InChI is InChI=1S/C18H19Cl2N3O4S/c1-18(2,3)22-16(24)11-6-15-17(21-10-11)27-5-4-23(15)28(25,26)14-8-12(19)7-13(20)9-14/h6-10H,4-5H2,1-3H3,(H,22,24). The first-order valence-electron chi connectivity index (χ1n) is 8.41. The van der Waals surface area contributed by atoms with Gasteiger partial charge in [0, 0.05) is 21.8 Å². The van der Waals surface area contributed by atoms with Gasteiger partial charge in [-0.3, -0.25) is 9.10 Å². The Hall–Kier alpha value is -2.03. The van der Waals surface area contributed by atoms with Crippen LogP contribution < -0.4 is 14.4 Å². The lowest BCUT2D eigenvalue weighted by Gasteiger charge is -2.30. The van der Waals surface area contributed by atoms with Gasteiger partial charge in [0.1, 0.15) is 12.3 Å². The van der Waals surface area contributed by atoms with Gasteiger partial charge in [-0.25, -0.2) is 13.4 Å². The van der Waals surface area contributed by atoms with E-state index in [9.17, 15) is 13.2 Å². The fourth-order valence-corrected chi connectivity index (χ4v) is 4.83. The number of hydrogen-bond donors (Lipinski definition) is 1. The highest BCUT2D eigenvalue weighted by Crippen LogP contribution is 2.35. The van der Waals surface area contributed by atoms with Crippen molar-refractivity contribution in [2.24, 2.45) is 0 Å². The van der Waals surface area contributed by atoms with E-state index in [-0.39, 0.29) is 51.1 Å². The van der Waals surface area contributed by atoms with Gasteiger partial charge in [-0.2, -0.15) is 0 Å². The third-order valence-corrected chi connectivity index (χ3v) is 6.04. The Kier molecular flexibility index (Phi) is 5.49. The zero-order valence-corrected chi connectivity index (χ0v) is 17.8. The average Bonchev–Trinajstić information content (AvgIpc) is 2.58. The first kappa shape index (κ1) is 20.7. The second kappa shape index (κ2) is 7.42. The van der Waals surface area contributed by atoms with Crippen molar-refractivity contribution < 1.29 is 17.9 Å². The van der Waals surface area contributed by atoms with E-state index >= 15 is 0 Å². The van der Waals surface area contributed by atoms with Gasteiger partial charge in [-0.15, -0.1) is 0 Å². The Balaban J connectivity index is 2.04. The van der Waals surface area contributed by atoms with Gasteiger partial charge in [-0.05, 0) is 45.0 Å². The van der Waals surface area contributed by atoms with E-state index < -0.39 is 15.6 Å².